The molecule has 0 heterocycles. The molecule has 0 aromatic heterocycles. The molecule has 2 atom stereocenters. The fraction of sp³-hybridized carbons (Fsp3) is 1.00. The van der Waals surface area contributed by atoms with Crippen molar-refractivity contribution in [1.82, 2.24) is 0 Å². The summed E-state index contributed by atoms with van der Waals surface area (Å²) in [7, 11) is 0. The predicted octanol–water partition coefficient (Wildman–Crippen LogP) is 4.00. The molecule has 18 heavy (non-hydrogen) atoms. The van der Waals surface area contributed by atoms with E-state index in [0.717, 1.165) is 0 Å². The lowest BCUT2D eigenvalue weighted by molar-refractivity contribution is -0.458. The van der Waals surface area contributed by atoms with Gasteiger partial charge < -0.3 is 0 Å². The fourth-order valence-electron chi connectivity index (χ4n) is 1.57. The molecule has 1 aliphatic rings. The van der Waals surface area contributed by atoms with Gasteiger partial charge in [-0.15, -0.1) is 0 Å². The summed E-state index contributed by atoms with van der Waals surface area (Å²) in [6.45, 7) is -1.21. The molecule has 0 spiro atoms. The van der Waals surface area contributed by atoms with Crippen molar-refractivity contribution < 1.29 is 43.9 Å². The highest BCUT2D eigenvalue weighted by molar-refractivity contribution is 5.27. The van der Waals surface area contributed by atoms with Gasteiger partial charge in [-0.25, -0.2) is 8.78 Å². The molecule has 0 radical (unpaired) electrons. The Hall–Kier alpha value is -0.700. The molecule has 1 unspecified atom stereocenters. The lowest BCUT2D eigenvalue weighted by atomic mass is 9.67. The SMILES string of the molecule is CC1(F)C(F)(F)C(F)(F)C(F)(F)C(F)(F)[C@]1(C)F. The zero-order valence-electron chi connectivity index (χ0n) is 8.78. The third-order valence-corrected chi connectivity index (χ3v) is 3.24. The van der Waals surface area contributed by atoms with Gasteiger partial charge in [0, 0.05) is 0 Å². The highest BCUT2D eigenvalue weighted by Gasteiger charge is 2.97. The van der Waals surface area contributed by atoms with Crippen molar-refractivity contribution in [3.05, 3.63) is 0 Å². The maximum absolute atomic E-state index is 13.3. The van der Waals surface area contributed by atoms with Crippen LogP contribution in [0.15, 0.2) is 0 Å². The van der Waals surface area contributed by atoms with Crippen molar-refractivity contribution in [3.8, 4) is 0 Å². The standard InChI is InChI=1S/C8H6F10/c1-3(9)4(2,10)6(13,14)8(17,18)7(15,16)5(3,11)12/h1-2H3/t3-,4?/m1/s1. The van der Waals surface area contributed by atoms with Gasteiger partial charge in [0.2, 0.25) is 11.3 Å². The summed E-state index contributed by atoms with van der Waals surface area (Å²) in [6, 6.07) is 0. The lowest BCUT2D eigenvalue weighted by Gasteiger charge is -2.53. The number of hydrogen-bond donors (Lipinski definition) is 0. The Balaban J connectivity index is 3.72. The minimum atomic E-state index is -6.74. The Bertz CT molecular complexity index is 249. The molecule has 10 heteroatoms. The maximum atomic E-state index is 13.3. The average molecular weight is 292 g/mol. The monoisotopic (exact) mass is 292 g/mol. The first kappa shape index (κ1) is 15.4. The second kappa shape index (κ2) is 3.06. The summed E-state index contributed by atoms with van der Waals surface area (Å²) >= 11 is 0. The van der Waals surface area contributed by atoms with Crippen LogP contribution in [0.2, 0.25) is 0 Å². The molecular formula is C8H6F10. The van der Waals surface area contributed by atoms with E-state index in [0.29, 0.717) is 0 Å². The van der Waals surface area contributed by atoms with E-state index in [1.807, 2.05) is 0 Å². The van der Waals surface area contributed by atoms with E-state index in [-0.39, 0.29) is 0 Å². The molecule has 0 nitrogen and oxygen atoms in total. The summed E-state index contributed by atoms with van der Waals surface area (Å²) in [5, 5.41) is 0. The van der Waals surface area contributed by atoms with Crippen LogP contribution in [-0.4, -0.2) is 35.0 Å². The Kier molecular flexibility index (Phi) is 2.61. The normalized spacial score (nSPS) is 44.7. The van der Waals surface area contributed by atoms with E-state index in [4.69, 9.17) is 0 Å². The van der Waals surface area contributed by atoms with E-state index in [1.165, 1.54) is 0 Å². The van der Waals surface area contributed by atoms with Crippen molar-refractivity contribution in [2.45, 2.75) is 48.9 Å². The summed E-state index contributed by atoms with van der Waals surface area (Å²) < 4.78 is 129. The molecule has 0 aromatic carbocycles. The quantitative estimate of drug-likeness (QED) is 0.592. The van der Waals surface area contributed by atoms with Gasteiger partial charge in [-0.05, 0) is 13.8 Å². The van der Waals surface area contributed by atoms with Crippen LogP contribution in [0.25, 0.3) is 0 Å². The van der Waals surface area contributed by atoms with Crippen LogP contribution < -0.4 is 0 Å². The molecule has 0 bridgehead atoms. The second-order valence-electron chi connectivity index (χ2n) is 4.30. The Morgan fingerprint density at radius 2 is 0.556 bits per heavy atom. The van der Waals surface area contributed by atoms with Crippen LogP contribution in [-0.2, 0) is 0 Å². The van der Waals surface area contributed by atoms with Crippen molar-refractivity contribution in [2.24, 2.45) is 0 Å². The van der Waals surface area contributed by atoms with Crippen LogP contribution in [0.3, 0.4) is 0 Å². The first-order valence-corrected chi connectivity index (χ1v) is 4.39. The Labute approximate surface area is 93.9 Å². The van der Waals surface area contributed by atoms with Gasteiger partial charge in [0.1, 0.15) is 0 Å². The van der Waals surface area contributed by atoms with E-state index in [1.54, 1.807) is 0 Å². The van der Waals surface area contributed by atoms with Crippen LogP contribution in [0, 0.1) is 0 Å². The van der Waals surface area contributed by atoms with E-state index in [9.17, 15) is 43.9 Å². The minimum absolute atomic E-state index is 0.607. The molecular weight excluding hydrogens is 286 g/mol. The topological polar surface area (TPSA) is 0 Å². The molecule has 0 amide bonds. The minimum Gasteiger partial charge on any atom is -0.233 e. The molecule has 108 valence electrons. The third kappa shape index (κ3) is 1.10. The van der Waals surface area contributed by atoms with E-state index in [2.05, 4.69) is 0 Å². The van der Waals surface area contributed by atoms with Crippen molar-refractivity contribution >= 4 is 0 Å². The molecule has 0 N–H and O–H groups in total. The van der Waals surface area contributed by atoms with Crippen LogP contribution >= 0.6 is 0 Å². The average Bonchev–Trinajstić information content (AvgIpc) is 2.14. The van der Waals surface area contributed by atoms with Crippen molar-refractivity contribution in [1.29, 1.82) is 0 Å². The lowest BCUT2D eigenvalue weighted by Crippen LogP contribution is -2.83. The molecule has 1 rings (SSSR count). The van der Waals surface area contributed by atoms with Gasteiger partial charge in [-0.3, -0.25) is 0 Å². The van der Waals surface area contributed by atoms with E-state index >= 15 is 0 Å². The molecule has 1 fully saturated rings. The van der Waals surface area contributed by atoms with E-state index < -0.39 is 48.9 Å². The highest BCUT2D eigenvalue weighted by Crippen LogP contribution is 2.68. The number of alkyl halides is 10. The number of halogens is 10. The van der Waals surface area contributed by atoms with Gasteiger partial charge in [0.25, 0.3) is 0 Å². The van der Waals surface area contributed by atoms with Gasteiger partial charge in [-0.1, -0.05) is 0 Å². The molecule has 0 aliphatic heterocycles. The van der Waals surface area contributed by atoms with Crippen LogP contribution in [0.1, 0.15) is 13.8 Å². The zero-order valence-corrected chi connectivity index (χ0v) is 8.78. The van der Waals surface area contributed by atoms with Crippen molar-refractivity contribution in [2.75, 3.05) is 0 Å². The van der Waals surface area contributed by atoms with Gasteiger partial charge in [0.15, 0.2) is 0 Å². The summed E-state index contributed by atoms with van der Waals surface area (Å²) in [4.78, 5) is 0. The maximum Gasteiger partial charge on any atom is 0.381 e. The zero-order chi connectivity index (χ0) is 15.0. The molecule has 1 saturated carbocycles. The highest BCUT2D eigenvalue weighted by atomic mass is 19.4. The van der Waals surface area contributed by atoms with Crippen LogP contribution in [0.4, 0.5) is 43.9 Å². The fourth-order valence-corrected chi connectivity index (χ4v) is 1.57. The van der Waals surface area contributed by atoms with Crippen molar-refractivity contribution in [3.63, 3.8) is 0 Å². The number of hydrogen-bond acceptors (Lipinski definition) is 0. The Morgan fingerprint density at radius 3 is 0.722 bits per heavy atom. The van der Waals surface area contributed by atoms with Gasteiger partial charge in [0.05, 0.1) is 0 Å². The summed E-state index contributed by atoms with van der Waals surface area (Å²) in [5.41, 5.74) is -10.4. The molecule has 0 saturated heterocycles. The first-order valence-electron chi connectivity index (χ1n) is 4.39. The van der Waals surface area contributed by atoms with Gasteiger partial charge in [-0.2, -0.15) is 35.1 Å². The second-order valence-corrected chi connectivity index (χ2v) is 4.30. The van der Waals surface area contributed by atoms with Crippen LogP contribution in [0.5, 0.6) is 0 Å². The first-order chi connectivity index (χ1) is 7.50. The molecule has 1 aliphatic carbocycles. The molecule has 0 aromatic rings. The largest absolute Gasteiger partial charge is 0.381 e. The Morgan fingerprint density at radius 1 is 0.389 bits per heavy atom. The smallest absolute Gasteiger partial charge is 0.233 e. The predicted molar refractivity (Wildman–Crippen MR) is 38.8 cm³/mol. The third-order valence-electron chi connectivity index (χ3n) is 3.24. The number of rotatable bonds is 0. The van der Waals surface area contributed by atoms with Gasteiger partial charge >= 0.3 is 23.7 Å². The summed E-state index contributed by atoms with van der Waals surface area (Å²) in [6.07, 6.45) is 0. The summed E-state index contributed by atoms with van der Waals surface area (Å²) in [5.74, 6) is -26.1.